The normalized spacial score (nSPS) is 13.3. The van der Waals surface area contributed by atoms with Gasteiger partial charge in [0.25, 0.3) is 0 Å². The zero-order valence-corrected chi connectivity index (χ0v) is 15.9. The van der Waals surface area contributed by atoms with Gasteiger partial charge in [0.05, 0.1) is 13.2 Å². The zero-order chi connectivity index (χ0) is 15.7. The average molecular weight is 513 g/mol. The SMILES string of the molecule is C#CCC[C@H](NC(=O)OC)[C@@H](OC(I)I)c1ccccc1. The first-order chi connectivity index (χ1) is 10.1. The largest absolute Gasteiger partial charge is 0.453 e. The predicted molar refractivity (Wildman–Crippen MR) is 99.5 cm³/mol. The van der Waals surface area contributed by atoms with E-state index >= 15 is 0 Å². The molecule has 0 aliphatic carbocycles. The molecule has 0 bridgehead atoms. The predicted octanol–water partition coefficient (Wildman–Crippen LogP) is 4.04. The van der Waals surface area contributed by atoms with Crippen LogP contribution in [0, 0.1) is 12.3 Å². The van der Waals surface area contributed by atoms with Gasteiger partial charge in [0, 0.05) is 6.42 Å². The third kappa shape index (κ3) is 6.84. The van der Waals surface area contributed by atoms with E-state index in [9.17, 15) is 4.79 Å². The summed E-state index contributed by atoms with van der Waals surface area (Å²) in [5.41, 5.74) is 0.995. The van der Waals surface area contributed by atoms with Crippen molar-refractivity contribution < 1.29 is 14.3 Å². The lowest BCUT2D eigenvalue weighted by atomic mass is 9.98. The Kier molecular flexibility index (Phi) is 9.03. The first kappa shape index (κ1) is 18.5. The molecule has 0 aromatic heterocycles. The summed E-state index contributed by atoms with van der Waals surface area (Å²) in [6.07, 6.45) is 5.74. The highest BCUT2D eigenvalue weighted by Gasteiger charge is 2.27. The number of carbonyl (C=O) groups excluding carboxylic acids is 1. The minimum absolute atomic E-state index is 0.0295. The van der Waals surface area contributed by atoms with E-state index in [0.29, 0.717) is 12.8 Å². The molecule has 0 spiro atoms. The molecule has 4 nitrogen and oxygen atoms in total. The average Bonchev–Trinajstić information content (AvgIpc) is 2.49. The van der Waals surface area contributed by atoms with E-state index in [1.807, 2.05) is 30.3 Å². The maximum absolute atomic E-state index is 11.6. The lowest BCUT2D eigenvalue weighted by molar-refractivity contribution is 0.0510. The van der Waals surface area contributed by atoms with Gasteiger partial charge < -0.3 is 14.8 Å². The van der Waals surface area contributed by atoms with E-state index in [0.717, 1.165) is 5.56 Å². The third-order valence-corrected chi connectivity index (χ3v) is 3.42. The molecule has 21 heavy (non-hydrogen) atoms. The molecule has 114 valence electrons. The third-order valence-electron chi connectivity index (χ3n) is 2.83. The van der Waals surface area contributed by atoms with Crippen LogP contribution in [-0.2, 0) is 9.47 Å². The van der Waals surface area contributed by atoms with E-state index in [4.69, 9.17) is 15.9 Å². The standard InChI is InChI=1S/C15H17I2NO3/c1-3-4-10-12(18-15(19)20-2)13(21-14(16)17)11-8-6-5-7-9-11/h1,5-9,12-14H,4,10H2,2H3,(H,18,19)/t12-,13-/m0/s1. The molecule has 1 aromatic carbocycles. The van der Waals surface area contributed by atoms with E-state index < -0.39 is 6.09 Å². The van der Waals surface area contributed by atoms with E-state index in [1.165, 1.54) is 7.11 Å². The van der Waals surface area contributed by atoms with Crippen molar-refractivity contribution in [3.8, 4) is 12.3 Å². The first-order valence-electron chi connectivity index (χ1n) is 6.35. The van der Waals surface area contributed by atoms with Gasteiger partial charge in [-0.2, -0.15) is 0 Å². The Labute approximate surface area is 152 Å². The van der Waals surface area contributed by atoms with Crippen molar-refractivity contribution in [2.75, 3.05) is 7.11 Å². The summed E-state index contributed by atoms with van der Waals surface area (Å²) in [6, 6.07) is 9.53. The van der Waals surface area contributed by atoms with Crippen molar-refractivity contribution in [3.05, 3.63) is 35.9 Å². The Balaban J connectivity index is 2.98. The van der Waals surface area contributed by atoms with Gasteiger partial charge >= 0.3 is 6.09 Å². The molecular weight excluding hydrogens is 496 g/mol. The van der Waals surface area contributed by atoms with E-state index in [1.54, 1.807) is 0 Å². The van der Waals surface area contributed by atoms with Gasteiger partial charge in [-0.3, -0.25) is 0 Å². The number of alkyl halides is 2. The zero-order valence-electron chi connectivity index (χ0n) is 11.6. The lowest BCUT2D eigenvalue weighted by Crippen LogP contribution is -2.40. The van der Waals surface area contributed by atoms with Crippen molar-refractivity contribution >= 4 is 51.3 Å². The summed E-state index contributed by atoms with van der Waals surface area (Å²) in [5.74, 6) is 2.60. The number of benzene rings is 1. The van der Waals surface area contributed by atoms with Crippen LogP contribution in [0.1, 0.15) is 24.5 Å². The number of ether oxygens (including phenoxy) is 2. The molecule has 2 atom stereocenters. The summed E-state index contributed by atoms with van der Waals surface area (Å²) >= 11 is 4.36. The van der Waals surface area contributed by atoms with Crippen molar-refractivity contribution in [2.24, 2.45) is 0 Å². The highest BCUT2D eigenvalue weighted by molar-refractivity contribution is 14.2. The Morgan fingerprint density at radius 3 is 2.57 bits per heavy atom. The van der Waals surface area contributed by atoms with Crippen molar-refractivity contribution in [3.63, 3.8) is 0 Å². The van der Waals surface area contributed by atoms with Crippen LogP contribution in [0.2, 0.25) is 0 Å². The molecule has 1 aromatic rings. The first-order valence-corrected chi connectivity index (χ1v) is 8.84. The molecule has 0 fully saturated rings. The molecule has 1 rings (SSSR count). The number of hydrogen-bond acceptors (Lipinski definition) is 3. The van der Waals surface area contributed by atoms with E-state index in [-0.39, 0.29) is 14.3 Å². The topological polar surface area (TPSA) is 47.6 Å². The monoisotopic (exact) mass is 513 g/mol. The number of alkyl carbamates (subject to hydrolysis) is 1. The van der Waals surface area contributed by atoms with Crippen LogP contribution in [0.3, 0.4) is 0 Å². The number of hydrogen-bond donors (Lipinski definition) is 1. The molecule has 1 N–H and O–H groups in total. The van der Waals surface area contributed by atoms with Gasteiger partial charge in [-0.1, -0.05) is 30.3 Å². The molecule has 0 radical (unpaired) electrons. The van der Waals surface area contributed by atoms with Crippen LogP contribution in [0.4, 0.5) is 4.79 Å². The van der Waals surface area contributed by atoms with Crippen LogP contribution in [0.25, 0.3) is 0 Å². The molecule has 1 amide bonds. The smallest absolute Gasteiger partial charge is 0.407 e. The maximum atomic E-state index is 11.6. The molecule has 0 aliphatic heterocycles. The van der Waals surface area contributed by atoms with Crippen molar-refractivity contribution in [1.29, 1.82) is 0 Å². The van der Waals surface area contributed by atoms with Gasteiger partial charge in [0.15, 0.2) is 2.12 Å². The Hall–Kier alpha value is -0.530. The van der Waals surface area contributed by atoms with Gasteiger partial charge in [-0.15, -0.1) is 12.3 Å². The fraction of sp³-hybridized carbons (Fsp3) is 0.400. The minimum atomic E-state index is -0.486. The molecule has 0 saturated heterocycles. The highest BCUT2D eigenvalue weighted by Crippen LogP contribution is 2.29. The molecule has 0 saturated carbocycles. The van der Waals surface area contributed by atoms with Gasteiger partial charge in [0.1, 0.15) is 6.10 Å². The fourth-order valence-electron chi connectivity index (χ4n) is 1.91. The number of amides is 1. The fourth-order valence-corrected chi connectivity index (χ4v) is 2.54. The Morgan fingerprint density at radius 1 is 1.38 bits per heavy atom. The summed E-state index contributed by atoms with van der Waals surface area (Å²) in [7, 11) is 1.34. The van der Waals surface area contributed by atoms with Crippen LogP contribution in [-0.4, -0.2) is 21.4 Å². The molecule has 0 heterocycles. The van der Waals surface area contributed by atoms with Crippen molar-refractivity contribution in [1.82, 2.24) is 5.32 Å². The van der Waals surface area contributed by atoms with Gasteiger partial charge in [0.2, 0.25) is 0 Å². The molecule has 6 heteroatoms. The number of rotatable bonds is 7. The van der Waals surface area contributed by atoms with Gasteiger partial charge in [-0.25, -0.2) is 4.79 Å². The number of carbonyl (C=O) groups is 1. The summed E-state index contributed by atoms with van der Waals surface area (Å²) in [5, 5.41) is 2.82. The number of nitrogens with one attached hydrogen (secondary N) is 1. The van der Waals surface area contributed by atoms with E-state index in [2.05, 4.69) is 56.4 Å². The van der Waals surface area contributed by atoms with Crippen LogP contribution < -0.4 is 5.32 Å². The lowest BCUT2D eigenvalue weighted by Gasteiger charge is -2.28. The van der Waals surface area contributed by atoms with Crippen LogP contribution in [0.5, 0.6) is 0 Å². The maximum Gasteiger partial charge on any atom is 0.407 e. The molecule has 0 unspecified atom stereocenters. The molecule has 0 aliphatic rings. The quantitative estimate of drug-likeness (QED) is 0.341. The minimum Gasteiger partial charge on any atom is -0.453 e. The highest BCUT2D eigenvalue weighted by atomic mass is 127. The van der Waals surface area contributed by atoms with Crippen molar-refractivity contribution in [2.45, 2.75) is 27.1 Å². The summed E-state index contributed by atoms with van der Waals surface area (Å²) < 4.78 is 10.6. The number of methoxy groups -OCH3 is 1. The number of terminal acetylenes is 1. The number of halogens is 2. The Bertz CT molecular complexity index is 474. The second kappa shape index (κ2) is 10.2. The second-order valence-corrected chi connectivity index (χ2v) is 8.86. The second-order valence-electron chi connectivity index (χ2n) is 4.21. The Morgan fingerprint density at radius 2 is 2.05 bits per heavy atom. The van der Waals surface area contributed by atoms with Crippen LogP contribution in [0.15, 0.2) is 30.3 Å². The molecular formula is C15H17I2NO3. The summed E-state index contributed by atoms with van der Waals surface area (Å²) in [6.45, 7) is 0. The van der Waals surface area contributed by atoms with Gasteiger partial charge in [-0.05, 0) is 57.2 Å². The van der Waals surface area contributed by atoms with Crippen LogP contribution >= 0.6 is 45.2 Å². The summed E-state index contributed by atoms with van der Waals surface area (Å²) in [4.78, 5) is 11.6.